The third-order valence-electron chi connectivity index (χ3n) is 5.08. The number of urea groups is 1. The Hall–Kier alpha value is -2.37. The Labute approximate surface area is 181 Å². The molecule has 3 aliphatic heterocycles. The second kappa shape index (κ2) is 8.78. The highest BCUT2D eigenvalue weighted by molar-refractivity contribution is 8.14. The quantitative estimate of drug-likeness (QED) is 0.682. The molecule has 0 saturated carbocycles. The Kier molecular flexibility index (Phi) is 6.11. The number of thiophene rings is 1. The molecule has 158 valence electrons. The Morgan fingerprint density at radius 3 is 2.97 bits per heavy atom. The van der Waals surface area contributed by atoms with Crippen LogP contribution in [0.2, 0.25) is 0 Å². The van der Waals surface area contributed by atoms with Gasteiger partial charge in [0.2, 0.25) is 11.7 Å². The van der Waals surface area contributed by atoms with Crippen molar-refractivity contribution >= 4 is 57.7 Å². The number of imide groups is 1. The van der Waals surface area contributed by atoms with E-state index in [0.29, 0.717) is 23.3 Å². The summed E-state index contributed by atoms with van der Waals surface area (Å²) in [4.78, 5) is 48.6. The molecule has 2 unspecified atom stereocenters. The molecule has 0 radical (unpaired) electrons. The lowest BCUT2D eigenvalue weighted by Gasteiger charge is -2.26. The van der Waals surface area contributed by atoms with Crippen LogP contribution in [0.25, 0.3) is 0 Å². The average Bonchev–Trinajstić information content (AvgIpc) is 3.46. The minimum atomic E-state index is -0.794. The highest BCUT2D eigenvalue weighted by atomic mass is 32.2. The first-order valence-corrected chi connectivity index (χ1v) is 11.5. The van der Waals surface area contributed by atoms with Crippen LogP contribution < -0.4 is 5.32 Å². The first-order valence-electron chi connectivity index (χ1n) is 9.60. The second-order valence-corrected chi connectivity index (χ2v) is 9.06. The van der Waals surface area contributed by atoms with Crippen LogP contribution in [0.5, 0.6) is 0 Å². The van der Waals surface area contributed by atoms with Crippen LogP contribution in [-0.2, 0) is 14.3 Å². The van der Waals surface area contributed by atoms with Gasteiger partial charge in [0.15, 0.2) is 5.92 Å². The zero-order valence-electron chi connectivity index (χ0n) is 16.7. The van der Waals surface area contributed by atoms with Gasteiger partial charge in [-0.05, 0) is 24.3 Å². The predicted octanol–water partition coefficient (Wildman–Crippen LogP) is 1.18. The summed E-state index contributed by atoms with van der Waals surface area (Å²) in [7, 11) is 3.03. The van der Waals surface area contributed by atoms with Crippen molar-refractivity contribution in [3.8, 4) is 0 Å². The SMILES string of the molecule is CN1C(=O)C2C(SCC(=O)NCC3CCCO3)=NC(c3cccs3)=NC2=[N+](C)C1=O. The van der Waals surface area contributed by atoms with E-state index in [1.54, 1.807) is 7.05 Å². The molecule has 3 aliphatic rings. The summed E-state index contributed by atoms with van der Waals surface area (Å²) < 4.78 is 6.89. The van der Waals surface area contributed by atoms with Gasteiger partial charge < -0.3 is 10.1 Å². The monoisotopic (exact) mass is 448 g/mol. The van der Waals surface area contributed by atoms with Gasteiger partial charge in [-0.2, -0.15) is 9.48 Å². The third kappa shape index (κ3) is 4.09. The number of fused-ring (bicyclic) bond motifs is 1. The summed E-state index contributed by atoms with van der Waals surface area (Å²) in [5, 5.41) is 5.25. The molecule has 1 aromatic heterocycles. The summed E-state index contributed by atoms with van der Waals surface area (Å²) in [5.41, 5.74) is 0. The zero-order chi connectivity index (χ0) is 21.3. The number of nitrogens with one attached hydrogen (secondary N) is 1. The fourth-order valence-electron chi connectivity index (χ4n) is 3.43. The highest BCUT2D eigenvalue weighted by Gasteiger charge is 2.49. The number of carbonyl (C=O) groups is 3. The summed E-state index contributed by atoms with van der Waals surface area (Å²) >= 11 is 2.67. The van der Waals surface area contributed by atoms with E-state index in [1.165, 1.54) is 34.7 Å². The van der Waals surface area contributed by atoms with Crippen molar-refractivity contribution in [3.05, 3.63) is 22.4 Å². The van der Waals surface area contributed by atoms with Crippen molar-refractivity contribution in [2.24, 2.45) is 15.9 Å². The molecule has 0 aromatic carbocycles. The Morgan fingerprint density at radius 1 is 1.43 bits per heavy atom. The van der Waals surface area contributed by atoms with E-state index in [2.05, 4.69) is 15.3 Å². The number of amidine groups is 2. The topological polar surface area (TPSA) is 103 Å². The van der Waals surface area contributed by atoms with Crippen LogP contribution in [0.4, 0.5) is 4.79 Å². The largest absolute Gasteiger partial charge is 0.445 e. The van der Waals surface area contributed by atoms with Gasteiger partial charge in [-0.15, -0.1) is 11.3 Å². The molecule has 30 heavy (non-hydrogen) atoms. The van der Waals surface area contributed by atoms with Gasteiger partial charge in [0.1, 0.15) is 5.04 Å². The molecule has 4 amide bonds. The Morgan fingerprint density at radius 2 is 2.27 bits per heavy atom. The average molecular weight is 449 g/mol. The molecule has 1 N–H and O–H groups in total. The Balaban J connectivity index is 1.55. The molecular weight excluding hydrogens is 426 g/mol. The van der Waals surface area contributed by atoms with Crippen molar-refractivity contribution in [1.82, 2.24) is 10.2 Å². The molecular formula is C19H22N5O4S2+. The molecule has 1 fully saturated rings. The van der Waals surface area contributed by atoms with Gasteiger partial charge in [-0.1, -0.05) is 22.8 Å². The first-order chi connectivity index (χ1) is 14.5. The number of ether oxygens (including phenoxy) is 1. The molecule has 0 aliphatic carbocycles. The minimum Gasteiger partial charge on any atom is -0.376 e. The smallest absolute Gasteiger partial charge is 0.376 e. The number of nitrogens with zero attached hydrogens (tertiary/aromatic N) is 4. The van der Waals surface area contributed by atoms with Crippen molar-refractivity contribution in [1.29, 1.82) is 0 Å². The number of amides is 4. The molecule has 0 spiro atoms. The van der Waals surface area contributed by atoms with E-state index in [0.717, 1.165) is 29.2 Å². The van der Waals surface area contributed by atoms with Crippen LogP contribution in [-0.4, -0.2) is 83.1 Å². The third-order valence-corrected chi connectivity index (χ3v) is 6.98. The van der Waals surface area contributed by atoms with Crippen molar-refractivity contribution in [3.63, 3.8) is 0 Å². The lowest BCUT2D eigenvalue weighted by atomic mass is 10.0. The van der Waals surface area contributed by atoms with E-state index in [9.17, 15) is 14.4 Å². The van der Waals surface area contributed by atoms with Crippen LogP contribution in [0.1, 0.15) is 17.7 Å². The second-order valence-electron chi connectivity index (χ2n) is 7.12. The normalized spacial score (nSPS) is 24.0. The Bertz CT molecular complexity index is 964. The number of thioether (sulfide) groups is 1. The summed E-state index contributed by atoms with van der Waals surface area (Å²) in [6, 6.07) is 3.32. The molecule has 11 heteroatoms. The van der Waals surface area contributed by atoms with Gasteiger partial charge in [-0.3, -0.25) is 9.59 Å². The number of rotatable bonds is 5. The molecule has 4 rings (SSSR count). The summed E-state index contributed by atoms with van der Waals surface area (Å²) in [6.45, 7) is 1.21. The molecule has 9 nitrogen and oxygen atoms in total. The highest BCUT2D eigenvalue weighted by Crippen LogP contribution is 2.27. The lowest BCUT2D eigenvalue weighted by molar-refractivity contribution is -0.407. The van der Waals surface area contributed by atoms with Crippen LogP contribution >= 0.6 is 23.1 Å². The van der Waals surface area contributed by atoms with E-state index >= 15 is 0 Å². The van der Waals surface area contributed by atoms with E-state index in [-0.39, 0.29) is 17.8 Å². The van der Waals surface area contributed by atoms with Crippen molar-refractivity contribution in [2.45, 2.75) is 18.9 Å². The van der Waals surface area contributed by atoms with Gasteiger partial charge in [-0.25, -0.2) is 9.79 Å². The maximum atomic E-state index is 12.8. The molecule has 2 atom stereocenters. The maximum Gasteiger partial charge on any atom is 0.445 e. The van der Waals surface area contributed by atoms with Crippen LogP contribution in [0.15, 0.2) is 27.5 Å². The number of hydrogen-bond donors (Lipinski definition) is 1. The van der Waals surface area contributed by atoms with E-state index < -0.39 is 17.9 Å². The number of carbonyl (C=O) groups excluding carboxylic acids is 3. The summed E-state index contributed by atoms with van der Waals surface area (Å²) in [6.07, 6.45) is 2.03. The van der Waals surface area contributed by atoms with Gasteiger partial charge in [0.25, 0.3) is 5.84 Å². The van der Waals surface area contributed by atoms with Gasteiger partial charge >= 0.3 is 11.9 Å². The fraction of sp³-hybridized carbons (Fsp3) is 0.474. The summed E-state index contributed by atoms with van der Waals surface area (Å²) in [5.74, 6) is -0.451. The van der Waals surface area contributed by atoms with Crippen LogP contribution in [0.3, 0.4) is 0 Å². The van der Waals surface area contributed by atoms with Crippen molar-refractivity contribution in [2.75, 3.05) is 33.0 Å². The lowest BCUT2D eigenvalue weighted by Crippen LogP contribution is -2.54. The number of hydrogen-bond acceptors (Lipinski definition) is 8. The van der Waals surface area contributed by atoms with Gasteiger partial charge in [0.05, 0.1) is 30.8 Å². The standard InChI is InChI=1S/C19H21N5O4S2/c1-23-16-14(18(26)24(2)19(23)27)17(22-15(21-16)12-6-4-8-29-12)30-10-13(25)20-9-11-5-3-7-28-11/h4,6,8,11,14H,3,5,7,9-10H2,1-2H3/p+1. The van der Waals surface area contributed by atoms with Crippen LogP contribution in [0, 0.1) is 5.92 Å². The fourth-order valence-corrected chi connectivity index (χ4v) is 4.99. The molecule has 0 bridgehead atoms. The number of aliphatic imine (C=N–C) groups is 2. The maximum absolute atomic E-state index is 12.8. The zero-order valence-corrected chi connectivity index (χ0v) is 18.3. The molecule has 4 heterocycles. The first kappa shape index (κ1) is 20.9. The minimum absolute atomic E-state index is 0.0664. The molecule has 1 aromatic rings. The van der Waals surface area contributed by atoms with E-state index in [1.807, 2.05) is 17.5 Å². The predicted molar refractivity (Wildman–Crippen MR) is 116 cm³/mol. The van der Waals surface area contributed by atoms with Crippen molar-refractivity contribution < 1.29 is 23.7 Å². The van der Waals surface area contributed by atoms with E-state index in [4.69, 9.17) is 4.74 Å². The van der Waals surface area contributed by atoms with Gasteiger partial charge in [0, 0.05) is 13.2 Å². The molecule has 1 saturated heterocycles.